The molecular weight excluding hydrogens is 348 g/mol. The van der Waals surface area contributed by atoms with Gasteiger partial charge in [-0.05, 0) is 30.5 Å². The van der Waals surface area contributed by atoms with Crippen LogP contribution >= 0.6 is 0 Å². The molecule has 1 aromatic carbocycles. The number of ether oxygens (including phenoxy) is 3. The Morgan fingerprint density at radius 2 is 2.00 bits per heavy atom. The molecule has 2 N–H and O–H groups in total. The van der Waals surface area contributed by atoms with E-state index in [1.807, 2.05) is 18.2 Å². The van der Waals surface area contributed by atoms with E-state index < -0.39 is 0 Å². The van der Waals surface area contributed by atoms with Crippen LogP contribution in [0.15, 0.2) is 30.6 Å². The molecule has 0 bridgehead atoms. The summed E-state index contributed by atoms with van der Waals surface area (Å²) >= 11 is 0. The summed E-state index contributed by atoms with van der Waals surface area (Å²) in [6.07, 6.45) is 5.15. The number of nitrogens with zero attached hydrogens (tertiary/aromatic N) is 2. The molecule has 1 saturated heterocycles. The SMILES string of the molecule is COc1ccc(CNc2ncc(C(=O)NCC3CCCO3)cn2)cc1OC. The number of carbonyl (C=O) groups excluding carboxylic acids is 1. The minimum absolute atomic E-state index is 0.109. The summed E-state index contributed by atoms with van der Waals surface area (Å²) in [5.74, 6) is 1.59. The van der Waals surface area contributed by atoms with Gasteiger partial charge in [-0.3, -0.25) is 4.79 Å². The zero-order valence-corrected chi connectivity index (χ0v) is 15.5. The summed E-state index contributed by atoms with van der Waals surface area (Å²) < 4.78 is 16.0. The molecule has 0 radical (unpaired) electrons. The van der Waals surface area contributed by atoms with Crippen LogP contribution in [0.2, 0.25) is 0 Å². The van der Waals surface area contributed by atoms with E-state index in [9.17, 15) is 4.79 Å². The second-order valence-corrected chi connectivity index (χ2v) is 6.18. The van der Waals surface area contributed by atoms with Crippen molar-refractivity contribution in [2.24, 2.45) is 0 Å². The Hall–Kier alpha value is -2.87. The highest BCUT2D eigenvalue weighted by Crippen LogP contribution is 2.27. The Bertz CT molecular complexity index is 761. The van der Waals surface area contributed by atoms with Crippen LogP contribution in [0.5, 0.6) is 11.5 Å². The molecule has 3 rings (SSSR count). The Kier molecular flexibility index (Phi) is 6.43. The number of hydrogen-bond acceptors (Lipinski definition) is 7. The van der Waals surface area contributed by atoms with E-state index in [1.54, 1.807) is 14.2 Å². The van der Waals surface area contributed by atoms with E-state index >= 15 is 0 Å². The van der Waals surface area contributed by atoms with Gasteiger partial charge in [0, 0.05) is 32.1 Å². The van der Waals surface area contributed by atoms with E-state index in [4.69, 9.17) is 14.2 Å². The van der Waals surface area contributed by atoms with Crippen LogP contribution in [0.25, 0.3) is 0 Å². The van der Waals surface area contributed by atoms with Crippen molar-refractivity contribution in [1.29, 1.82) is 0 Å². The molecule has 2 heterocycles. The Labute approximate surface area is 158 Å². The number of nitrogens with one attached hydrogen (secondary N) is 2. The third kappa shape index (κ3) is 5.07. The zero-order chi connectivity index (χ0) is 19.1. The van der Waals surface area contributed by atoms with Crippen molar-refractivity contribution in [2.75, 3.05) is 32.7 Å². The van der Waals surface area contributed by atoms with Crippen LogP contribution in [0.1, 0.15) is 28.8 Å². The van der Waals surface area contributed by atoms with Gasteiger partial charge in [-0.1, -0.05) is 6.07 Å². The number of hydrogen-bond donors (Lipinski definition) is 2. The Morgan fingerprint density at radius 3 is 2.67 bits per heavy atom. The van der Waals surface area contributed by atoms with E-state index in [1.165, 1.54) is 12.4 Å². The predicted molar refractivity (Wildman–Crippen MR) is 100 cm³/mol. The molecule has 27 heavy (non-hydrogen) atoms. The fourth-order valence-electron chi connectivity index (χ4n) is 2.82. The summed E-state index contributed by atoms with van der Waals surface area (Å²) in [5, 5.41) is 5.97. The molecule has 0 aliphatic carbocycles. The second-order valence-electron chi connectivity index (χ2n) is 6.18. The first kappa shape index (κ1) is 18.9. The van der Waals surface area contributed by atoms with Crippen molar-refractivity contribution in [3.8, 4) is 11.5 Å². The van der Waals surface area contributed by atoms with E-state index in [-0.39, 0.29) is 12.0 Å². The van der Waals surface area contributed by atoms with Crippen molar-refractivity contribution in [3.63, 3.8) is 0 Å². The van der Waals surface area contributed by atoms with E-state index in [0.717, 1.165) is 25.0 Å². The maximum atomic E-state index is 12.1. The molecule has 1 unspecified atom stereocenters. The quantitative estimate of drug-likeness (QED) is 0.732. The van der Waals surface area contributed by atoms with Gasteiger partial charge >= 0.3 is 0 Å². The fraction of sp³-hybridized carbons (Fsp3) is 0.421. The molecule has 1 fully saturated rings. The molecule has 144 valence electrons. The molecule has 0 saturated carbocycles. The topological polar surface area (TPSA) is 94.6 Å². The first-order valence-electron chi connectivity index (χ1n) is 8.86. The van der Waals surface area contributed by atoms with Gasteiger partial charge < -0.3 is 24.8 Å². The zero-order valence-electron chi connectivity index (χ0n) is 15.5. The number of rotatable bonds is 8. The van der Waals surface area contributed by atoms with Crippen LogP contribution in [0, 0.1) is 0 Å². The number of anilines is 1. The summed E-state index contributed by atoms with van der Waals surface area (Å²) in [5.41, 5.74) is 1.42. The van der Waals surface area contributed by atoms with Crippen molar-refractivity contribution >= 4 is 11.9 Å². The largest absolute Gasteiger partial charge is 0.493 e. The highest BCUT2D eigenvalue weighted by atomic mass is 16.5. The lowest BCUT2D eigenvalue weighted by atomic mass is 10.2. The molecular formula is C19H24N4O4. The lowest BCUT2D eigenvalue weighted by Gasteiger charge is -2.11. The van der Waals surface area contributed by atoms with Gasteiger partial charge in [-0.15, -0.1) is 0 Å². The number of carbonyl (C=O) groups is 1. The monoisotopic (exact) mass is 372 g/mol. The lowest BCUT2D eigenvalue weighted by molar-refractivity contribution is 0.0857. The summed E-state index contributed by atoms with van der Waals surface area (Å²) in [6, 6.07) is 5.66. The van der Waals surface area contributed by atoms with Gasteiger partial charge in [-0.2, -0.15) is 0 Å². The Balaban J connectivity index is 1.52. The van der Waals surface area contributed by atoms with Crippen molar-refractivity contribution in [1.82, 2.24) is 15.3 Å². The molecule has 8 heteroatoms. The Morgan fingerprint density at radius 1 is 1.22 bits per heavy atom. The van der Waals surface area contributed by atoms with Crippen LogP contribution in [-0.4, -0.2) is 49.4 Å². The highest BCUT2D eigenvalue weighted by Gasteiger charge is 2.17. The van der Waals surface area contributed by atoms with Gasteiger partial charge in [0.2, 0.25) is 5.95 Å². The fourth-order valence-corrected chi connectivity index (χ4v) is 2.82. The van der Waals surface area contributed by atoms with Crippen molar-refractivity contribution < 1.29 is 19.0 Å². The van der Waals surface area contributed by atoms with Crippen LogP contribution in [0.3, 0.4) is 0 Å². The molecule has 1 aromatic heterocycles. The van der Waals surface area contributed by atoms with Gasteiger partial charge in [0.05, 0.1) is 25.9 Å². The summed E-state index contributed by atoms with van der Waals surface area (Å²) in [4.78, 5) is 20.5. The molecule has 1 aliphatic heterocycles. The molecule has 1 amide bonds. The molecule has 1 atom stereocenters. The van der Waals surface area contributed by atoms with Gasteiger partial charge in [0.15, 0.2) is 11.5 Å². The van der Waals surface area contributed by atoms with Crippen LogP contribution in [0.4, 0.5) is 5.95 Å². The molecule has 0 spiro atoms. The van der Waals surface area contributed by atoms with Gasteiger partial charge in [0.1, 0.15) is 0 Å². The molecule has 8 nitrogen and oxygen atoms in total. The minimum Gasteiger partial charge on any atom is -0.493 e. The summed E-state index contributed by atoms with van der Waals surface area (Å²) in [6.45, 7) is 1.80. The average molecular weight is 372 g/mol. The highest BCUT2D eigenvalue weighted by molar-refractivity contribution is 5.93. The van der Waals surface area contributed by atoms with E-state index in [2.05, 4.69) is 20.6 Å². The van der Waals surface area contributed by atoms with Crippen molar-refractivity contribution in [3.05, 3.63) is 41.7 Å². The molecule has 2 aromatic rings. The number of benzene rings is 1. The normalized spacial score (nSPS) is 16.0. The van der Waals surface area contributed by atoms with Gasteiger partial charge in [-0.25, -0.2) is 9.97 Å². The minimum atomic E-state index is -0.197. The summed E-state index contributed by atoms with van der Waals surface area (Å²) in [7, 11) is 3.20. The predicted octanol–water partition coefficient (Wildman–Crippen LogP) is 2.01. The first-order chi connectivity index (χ1) is 13.2. The van der Waals surface area contributed by atoms with Crippen LogP contribution in [-0.2, 0) is 11.3 Å². The second kappa shape index (κ2) is 9.18. The maximum absolute atomic E-state index is 12.1. The number of amides is 1. The van der Waals surface area contributed by atoms with Gasteiger partial charge in [0.25, 0.3) is 5.91 Å². The standard InChI is InChI=1S/C19H24N4O4/c1-25-16-6-5-13(8-17(16)26-2)9-21-19-22-10-14(11-23-19)18(24)20-12-15-4-3-7-27-15/h5-6,8,10-11,15H,3-4,7,9,12H2,1-2H3,(H,20,24)(H,21,22,23). The van der Waals surface area contributed by atoms with E-state index in [0.29, 0.717) is 36.1 Å². The molecule has 1 aliphatic rings. The third-order valence-corrected chi connectivity index (χ3v) is 4.33. The third-order valence-electron chi connectivity index (χ3n) is 4.33. The number of aromatic nitrogens is 2. The first-order valence-corrected chi connectivity index (χ1v) is 8.86. The van der Waals surface area contributed by atoms with Crippen LogP contribution < -0.4 is 20.1 Å². The maximum Gasteiger partial charge on any atom is 0.254 e. The van der Waals surface area contributed by atoms with Crippen molar-refractivity contribution in [2.45, 2.75) is 25.5 Å². The lowest BCUT2D eigenvalue weighted by Crippen LogP contribution is -2.31. The number of methoxy groups -OCH3 is 2. The average Bonchev–Trinajstić information content (AvgIpc) is 3.24. The smallest absolute Gasteiger partial charge is 0.254 e.